The van der Waals surface area contributed by atoms with Crippen molar-refractivity contribution in [3.63, 3.8) is 0 Å². The van der Waals surface area contributed by atoms with E-state index in [1.807, 2.05) is 39.0 Å². The zero-order valence-corrected chi connectivity index (χ0v) is 21.0. The molecule has 1 aliphatic rings. The minimum absolute atomic E-state index is 0.113. The Hall–Kier alpha value is -3.07. The molecule has 0 bridgehead atoms. The first-order valence-electron chi connectivity index (χ1n) is 11.4. The van der Waals surface area contributed by atoms with Crippen LogP contribution in [0, 0.1) is 0 Å². The minimum Gasteiger partial charge on any atom is -0.482 e. The van der Waals surface area contributed by atoms with Crippen LogP contribution in [0.1, 0.15) is 53.4 Å². The van der Waals surface area contributed by atoms with Gasteiger partial charge in [-0.2, -0.15) is 0 Å². The molecule has 0 spiro atoms. The summed E-state index contributed by atoms with van der Waals surface area (Å²) in [5, 5.41) is 2.96. The molecule has 2 amide bonds. The average Bonchev–Trinajstić information content (AvgIpc) is 3.21. The average molecular weight is 489 g/mol. The molecule has 0 saturated heterocycles. The standard InChI is InChI=1S/C25H32N2O6S/c1-5-31-22(28)16-32-19-8-6-17(7-9-19)10-12-26-23(29)21-14-18-15-27(13-11-20(18)34-21)24(30)33-25(2,3)4/h6-9,14H,5,10-13,15-16H2,1-4H3,(H,26,29). The highest BCUT2D eigenvalue weighted by Crippen LogP contribution is 2.29. The quantitative estimate of drug-likeness (QED) is 0.566. The van der Waals surface area contributed by atoms with Gasteiger partial charge in [-0.15, -0.1) is 11.3 Å². The second kappa shape index (κ2) is 11.4. The highest BCUT2D eigenvalue weighted by Gasteiger charge is 2.27. The van der Waals surface area contributed by atoms with Gasteiger partial charge in [0.25, 0.3) is 5.91 Å². The van der Waals surface area contributed by atoms with Gasteiger partial charge in [0.1, 0.15) is 11.4 Å². The van der Waals surface area contributed by atoms with Crippen molar-refractivity contribution in [2.75, 3.05) is 26.3 Å². The molecular weight excluding hydrogens is 456 g/mol. The molecule has 184 valence electrons. The fraction of sp³-hybridized carbons (Fsp3) is 0.480. The van der Waals surface area contributed by atoms with Crippen LogP contribution in [0.5, 0.6) is 5.75 Å². The number of nitrogens with one attached hydrogen (secondary N) is 1. The number of hydrogen-bond donors (Lipinski definition) is 1. The Kier molecular flexibility index (Phi) is 8.55. The first kappa shape index (κ1) is 25.6. The second-order valence-electron chi connectivity index (χ2n) is 8.95. The van der Waals surface area contributed by atoms with Crippen LogP contribution in [0.3, 0.4) is 0 Å². The van der Waals surface area contributed by atoms with Crippen LogP contribution in [0.4, 0.5) is 4.79 Å². The maximum Gasteiger partial charge on any atom is 0.410 e. The van der Waals surface area contributed by atoms with Crippen molar-refractivity contribution in [1.29, 1.82) is 0 Å². The van der Waals surface area contributed by atoms with E-state index in [0.29, 0.717) is 43.3 Å². The Bertz CT molecular complexity index is 1010. The summed E-state index contributed by atoms with van der Waals surface area (Å²) in [7, 11) is 0. The molecule has 3 rings (SSSR count). The summed E-state index contributed by atoms with van der Waals surface area (Å²) in [6.07, 6.45) is 1.06. The summed E-state index contributed by atoms with van der Waals surface area (Å²) < 4.78 is 15.7. The van der Waals surface area contributed by atoms with Gasteiger partial charge in [0, 0.05) is 18.0 Å². The Morgan fingerprint density at radius 1 is 1.15 bits per heavy atom. The molecule has 0 unspecified atom stereocenters. The van der Waals surface area contributed by atoms with Gasteiger partial charge in [0.2, 0.25) is 0 Å². The fourth-order valence-corrected chi connectivity index (χ4v) is 4.51. The number of carbonyl (C=O) groups excluding carboxylic acids is 3. The summed E-state index contributed by atoms with van der Waals surface area (Å²) in [6.45, 7) is 9.04. The molecule has 0 fully saturated rings. The van der Waals surface area contributed by atoms with E-state index in [1.54, 1.807) is 24.0 Å². The van der Waals surface area contributed by atoms with Gasteiger partial charge in [0.05, 0.1) is 18.0 Å². The third-order valence-corrected chi connectivity index (χ3v) is 6.26. The lowest BCUT2D eigenvalue weighted by atomic mass is 10.1. The molecular formula is C25H32N2O6S. The number of nitrogens with zero attached hydrogens (tertiary/aromatic N) is 1. The monoisotopic (exact) mass is 488 g/mol. The van der Waals surface area contributed by atoms with Crippen LogP contribution in [0.25, 0.3) is 0 Å². The van der Waals surface area contributed by atoms with Gasteiger partial charge in [-0.1, -0.05) is 12.1 Å². The van der Waals surface area contributed by atoms with Crippen molar-refractivity contribution in [2.24, 2.45) is 0 Å². The lowest BCUT2D eigenvalue weighted by Crippen LogP contribution is -2.39. The molecule has 34 heavy (non-hydrogen) atoms. The van der Waals surface area contributed by atoms with Gasteiger partial charge < -0.3 is 24.4 Å². The summed E-state index contributed by atoms with van der Waals surface area (Å²) >= 11 is 1.48. The van der Waals surface area contributed by atoms with Gasteiger partial charge in [-0.3, -0.25) is 4.79 Å². The van der Waals surface area contributed by atoms with E-state index in [4.69, 9.17) is 14.2 Å². The molecule has 0 atom stereocenters. The van der Waals surface area contributed by atoms with Crippen LogP contribution in [0.2, 0.25) is 0 Å². The zero-order valence-electron chi connectivity index (χ0n) is 20.1. The zero-order chi connectivity index (χ0) is 24.7. The number of amides is 2. The van der Waals surface area contributed by atoms with Crippen LogP contribution < -0.4 is 10.1 Å². The molecule has 2 aromatic rings. The van der Waals surface area contributed by atoms with E-state index in [1.165, 1.54) is 11.3 Å². The fourth-order valence-electron chi connectivity index (χ4n) is 3.43. The number of benzene rings is 1. The highest BCUT2D eigenvalue weighted by atomic mass is 32.1. The minimum atomic E-state index is -0.535. The predicted octanol–water partition coefficient (Wildman–Crippen LogP) is 3.96. The number of fused-ring (bicyclic) bond motifs is 1. The predicted molar refractivity (Wildman–Crippen MR) is 129 cm³/mol. The smallest absolute Gasteiger partial charge is 0.410 e. The second-order valence-corrected chi connectivity index (χ2v) is 10.1. The van der Waals surface area contributed by atoms with Crippen molar-refractivity contribution < 1.29 is 28.6 Å². The van der Waals surface area contributed by atoms with Crippen LogP contribution in [-0.2, 0) is 33.7 Å². The summed E-state index contributed by atoms with van der Waals surface area (Å²) in [6, 6.07) is 9.27. The van der Waals surface area contributed by atoms with Crippen molar-refractivity contribution in [2.45, 2.75) is 52.7 Å². The van der Waals surface area contributed by atoms with E-state index >= 15 is 0 Å². The topological polar surface area (TPSA) is 94.2 Å². The Labute approximate surface area is 204 Å². The lowest BCUT2D eigenvalue weighted by Gasteiger charge is -2.29. The van der Waals surface area contributed by atoms with Crippen LogP contribution in [0.15, 0.2) is 30.3 Å². The molecule has 2 heterocycles. The molecule has 8 nitrogen and oxygen atoms in total. The Morgan fingerprint density at radius 3 is 2.56 bits per heavy atom. The van der Waals surface area contributed by atoms with Gasteiger partial charge in [-0.25, -0.2) is 9.59 Å². The van der Waals surface area contributed by atoms with Crippen molar-refractivity contribution in [3.05, 3.63) is 51.2 Å². The number of rotatable bonds is 8. The van der Waals surface area contributed by atoms with Gasteiger partial charge in [-0.05, 0) is 69.9 Å². The summed E-state index contributed by atoms with van der Waals surface area (Å²) in [4.78, 5) is 39.8. The molecule has 0 aliphatic carbocycles. The third-order valence-electron chi connectivity index (χ3n) is 5.03. The SMILES string of the molecule is CCOC(=O)COc1ccc(CCNC(=O)c2cc3c(s2)CCN(C(=O)OC(C)(C)C)C3)cc1. The molecule has 0 saturated carbocycles. The van der Waals surface area contributed by atoms with E-state index in [0.717, 1.165) is 22.4 Å². The Balaban J connectivity index is 1.46. The van der Waals surface area contributed by atoms with E-state index < -0.39 is 11.6 Å². The number of carbonyl (C=O) groups is 3. The maximum atomic E-state index is 12.6. The van der Waals surface area contributed by atoms with Crippen LogP contribution >= 0.6 is 11.3 Å². The lowest BCUT2D eigenvalue weighted by molar-refractivity contribution is -0.145. The van der Waals surface area contributed by atoms with E-state index in [2.05, 4.69) is 5.32 Å². The number of ether oxygens (including phenoxy) is 3. The van der Waals surface area contributed by atoms with E-state index in [9.17, 15) is 14.4 Å². The normalized spacial score (nSPS) is 13.1. The van der Waals surface area contributed by atoms with Crippen molar-refractivity contribution >= 4 is 29.3 Å². The molecule has 1 aliphatic heterocycles. The Morgan fingerprint density at radius 2 is 1.88 bits per heavy atom. The van der Waals surface area contributed by atoms with Gasteiger partial charge in [0.15, 0.2) is 6.61 Å². The highest BCUT2D eigenvalue weighted by molar-refractivity contribution is 7.14. The molecule has 1 N–H and O–H groups in total. The molecule has 9 heteroatoms. The summed E-state index contributed by atoms with van der Waals surface area (Å²) in [5.74, 6) is 0.0742. The number of esters is 1. The van der Waals surface area contributed by atoms with Crippen molar-refractivity contribution in [3.8, 4) is 5.75 Å². The number of thiophene rings is 1. The molecule has 0 radical (unpaired) electrons. The largest absolute Gasteiger partial charge is 0.482 e. The molecule has 1 aromatic heterocycles. The van der Waals surface area contributed by atoms with Crippen molar-refractivity contribution in [1.82, 2.24) is 10.2 Å². The van der Waals surface area contributed by atoms with Crippen LogP contribution in [-0.4, -0.2) is 54.8 Å². The third kappa shape index (κ3) is 7.48. The van der Waals surface area contributed by atoms with E-state index in [-0.39, 0.29) is 18.6 Å². The molecule has 1 aromatic carbocycles. The first-order valence-corrected chi connectivity index (χ1v) is 12.2. The van der Waals surface area contributed by atoms with Gasteiger partial charge >= 0.3 is 12.1 Å². The summed E-state index contributed by atoms with van der Waals surface area (Å²) in [5.41, 5.74) is 1.51. The maximum absolute atomic E-state index is 12.6. The number of hydrogen-bond acceptors (Lipinski definition) is 7. The first-order chi connectivity index (χ1) is 16.1.